The highest BCUT2D eigenvalue weighted by molar-refractivity contribution is 6.30. The van der Waals surface area contributed by atoms with Gasteiger partial charge in [-0.3, -0.25) is 0 Å². The molecule has 0 bridgehead atoms. The molecule has 0 fully saturated rings. The second kappa shape index (κ2) is 4.94. The molecule has 1 aromatic heterocycles. The van der Waals surface area contributed by atoms with Crippen molar-refractivity contribution in [3.8, 4) is 17.1 Å². The fourth-order valence-electron chi connectivity index (χ4n) is 2.00. The molecule has 20 heavy (non-hydrogen) atoms. The molecule has 3 aromatic rings. The van der Waals surface area contributed by atoms with Gasteiger partial charge in [0.25, 0.3) is 0 Å². The fourth-order valence-corrected chi connectivity index (χ4v) is 2.19. The molecule has 6 heteroatoms. The minimum Gasteiger partial charge on any atom is -0.398 e. The molecule has 0 aliphatic rings. The summed E-state index contributed by atoms with van der Waals surface area (Å²) in [6, 6.07) is 13.1. The maximum Gasteiger partial charge on any atom is 0.189 e. The molecule has 0 atom stereocenters. The van der Waals surface area contributed by atoms with E-state index in [0.717, 1.165) is 16.8 Å². The van der Waals surface area contributed by atoms with E-state index in [4.69, 9.17) is 17.3 Å². The average molecular weight is 286 g/mol. The first-order chi connectivity index (χ1) is 9.65. The lowest BCUT2D eigenvalue weighted by molar-refractivity contribution is 0.791. The lowest BCUT2D eigenvalue weighted by Gasteiger charge is -2.08. The molecular formula is C14H12ClN5. The topological polar surface area (TPSA) is 69.6 Å². The Morgan fingerprint density at radius 1 is 1.15 bits per heavy atom. The quantitative estimate of drug-likeness (QED) is 0.735. The Labute approximate surface area is 121 Å². The van der Waals surface area contributed by atoms with Crippen LogP contribution in [-0.2, 0) is 0 Å². The number of aryl methyl sites for hydroxylation is 1. The molecular weight excluding hydrogens is 274 g/mol. The average Bonchev–Trinajstić information content (AvgIpc) is 2.90. The molecule has 0 aliphatic carbocycles. The molecule has 3 rings (SSSR count). The lowest BCUT2D eigenvalue weighted by atomic mass is 10.1. The van der Waals surface area contributed by atoms with Crippen LogP contribution in [0.15, 0.2) is 42.5 Å². The number of hydrogen-bond donors (Lipinski definition) is 1. The van der Waals surface area contributed by atoms with Crippen LogP contribution >= 0.6 is 11.6 Å². The van der Waals surface area contributed by atoms with Gasteiger partial charge < -0.3 is 5.73 Å². The van der Waals surface area contributed by atoms with Gasteiger partial charge in [0, 0.05) is 16.3 Å². The van der Waals surface area contributed by atoms with E-state index in [9.17, 15) is 0 Å². The minimum atomic E-state index is 0.591. The molecule has 0 amide bonds. The number of tetrazole rings is 1. The summed E-state index contributed by atoms with van der Waals surface area (Å²) in [7, 11) is 0. The van der Waals surface area contributed by atoms with Gasteiger partial charge in [0.05, 0.1) is 5.69 Å². The molecule has 2 N–H and O–H groups in total. The Bertz CT molecular complexity index is 766. The van der Waals surface area contributed by atoms with E-state index in [1.165, 1.54) is 0 Å². The van der Waals surface area contributed by atoms with Crippen molar-refractivity contribution in [2.75, 3.05) is 5.73 Å². The number of nitrogen functional groups attached to an aromatic ring is 1. The number of rotatable bonds is 2. The zero-order valence-corrected chi connectivity index (χ0v) is 11.5. The van der Waals surface area contributed by atoms with Gasteiger partial charge in [-0.2, -0.15) is 4.68 Å². The highest BCUT2D eigenvalue weighted by Crippen LogP contribution is 2.26. The van der Waals surface area contributed by atoms with E-state index in [1.807, 2.05) is 37.3 Å². The van der Waals surface area contributed by atoms with Crippen LogP contribution in [0.5, 0.6) is 0 Å². The maximum atomic E-state index is 6.02. The first-order valence-corrected chi connectivity index (χ1v) is 6.44. The second-order valence-corrected chi connectivity index (χ2v) is 4.92. The van der Waals surface area contributed by atoms with Crippen LogP contribution in [-0.4, -0.2) is 20.2 Å². The van der Waals surface area contributed by atoms with Crippen LogP contribution in [0, 0.1) is 6.92 Å². The summed E-state index contributed by atoms with van der Waals surface area (Å²) in [5, 5.41) is 12.5. The number of aromatic nitrogens is 4. The van der Waals surface area contributed by atoms with Gasteiger partial charge in [-0.15, -0.1) is 5.10 Å². The van der Waals surface area contributed by atoms with E-state index in [0.29, 0.717) is 16.5 Å². The third-order valence-electron chi connectivity index (χ3n) is 2.97. The minimum absolute atomic E-state index is 0.591. The van der Waals surface area contributed by atoms with E-state index in [-0.39, 0.29) is 0 Å². The Morgan fingerprint density at radius 2 is 2.00 bits per heavy atom. The van der Waals surface area contributed by atoms with Crippen molar-refractivity contribution < 1.29 is 0 Å². The summed E-state index contributed by atoms with van der Waals surface area (Å²) in [6.45, 7) is 2.00. The van der Waals surface area contributed by atoms with Crippen LogP contribution in [0.3, 0.4) is 0 Å². The van der Waals surface area contributed by atoms with Crippen molar-refractivity contribution in [3.05, 3.63) is 53.1 Å². The monoisotopic (exact) mass is 285 g/mol. The van der Waals surface area contributed by atoms with Crippen LogP contribution in [0.25, 0.3) is 17.1 Å². The van der Waals surface area contributed by atoms with E-state index >= 15 is 0 Å². The van der Waals surface area contributed by atoms with Crippen molar-refractivity contribution in [3.63, 3.8) is 0 Å². The summed E-state index contributed by atoms with van der Waals surface area (Å²) in [6.07, 6.45) is 0. The number of halogens is 1. The molecule has 0 radical (unpaired) electrons. The third-order valence-corrected chi connectivity index (χ3v) is 3.21. The predicted octanol–water partition coefficient (Wildman–Crippen LogP) is 2.87. The number of nitrogens with zero attached hydrogens (tertiary/aromatic N) is 4. The Kier molecular flexibility index (Phi) is 3.12. The van der Waals surface area contributed by atoms with Crippen molar-refractivity contribution in [1.82, 2.24) is 20.2 Å². The molecule has 5 nitrogen and oxygen atoms in total. The van der Waals surface area contributed by atoms with Crippen LogP contribution in [0.4, 0.5) is 5.69 Å². The zero-order chi connectivity index (χ0) is 14.1. The number of hydrogen-bond acceptors (Lipinski definition) is 4. The molecule has 0 saturated carbocycles. The Morgan fingerprint density at radius 3 is 2.80 bits per heavy atom. The van der Waals surface area contributed by atoms with Crippen molar-refractivity contribution in [2.24, 2.45) is 0 Å². The summed E-state index contributed by atoms with van der Waals surface area (Å²) < 4.78 is 1.62. The SMILES string of the molecule is Cc1ccc(N)c(-c2nnnn2-c2cccc(Cl)c2)c1. The van der Waals surface area contributed by atoms with Gasteiger partial charge in [-0.1, -0.05) is 29.3 Å². The van der Waals surface area contributed by atoms with E-state index < -0.39 is 0 Å². The molecule has 0 unspecified atom stereocenters. The molecule has 100 valence electrons. The Balaban J connectivity index is 2.18. The van der Waals surface area contributed by atoms with E-state index in [1.54, 1.807) is 16.8 Å². The first-order valence-electron chi connectivity index (χ1n) is 6.06. The predicted molar refractivity (Wildman–Crippen MR) is 78.7 cm³/mol. The van der Waals surface area contributed by atoms with Gasteiger partial charge in [0.15, 0.2) is 5.82 Å². The molecule has 0 saturated heterocycles. The van der Waals surface area contributed by atoms with Gasteiger partial charge >= 0.3 is 0 Å². The number of benzene rings is 2. The third kappa shape index (κ3) is 2.23. The number of anilines is 1. The summed E-state index contributed by atoms with van der Waals surface area (Å²) in [4.78, 5) is 0. The van der Waals surface area contributed by atoms with Gasteiger partial charge in [-0.05, 0) is 47.7 Å². The zero-order valence-electron chi connectivity index (χ0n) is 10.8. The van der Waals surface area contributed by atoms with Crippen LogP contribution < -0.4 is 5.73 Å². The number of nitrogens with two attached hydrogens (primary N) is 1. The molecule has 0 aliphatic heterocycles. The lowest BCUT2D eigenvalue weighted by Crippen LogP contribution is -2.02. The van der Waals surface area contributed by atoms with Crippen molar-refractivity contribution in [1.29, 1.82) is 0 Å². The highest BCUT2D eigenvalue weighted by Gasteiger charge is 2.13. The summed E-state index contributed by atoms with van der Waals surface area (Å²) in [5.41, 5.74) is 9.34. The molecule has 2 aromatic carbocycles. The van der Waals surface area contributed by atoms with Gasteiger partial charge in [0.1, 0.15) is 0 Å². The summed E-state index contributed by atoms with van der Waals surface area (Å²) >= 11 is 6.01. The fraction of sp³-hybridized carbons (Fsp3) is 0.0714. The second-order valence-electron chi connectivity index (χ2n) is 4.48. The summed E-state index contributed by atoms with van der Waals surface area (Å²) in [5.74, 6) is 0.591. The molecule has 0 spiro atoms. The maximum absolute atomic E-state index is 6.02. The van der Waals surface area contributed by atoms with Crippen molar-refractivity contribution in [2.45, 2.75) is 6.92 Å². The van der Waals surface area contributed by atoms with Crippen molar-refractivity contribution >= 4 is 17.3 Å². The Hall–Kier alpha value is -2.40. The normalized spacial score (nSPS) is 10.7. The standard InChI is InChI=1S/C14H12ClN5/c1-9-5-6-13(16)12(7-9)14-17-18-19-20(14)11-4-2-3-10(15)8-11/h2-8H,16H2,1H3. The molecule has 1 heterocycles. The highest BCUT2D eigenvalue weighted by atomic mass is 35.5. The van der Waals surface area contributed by atoms with E-state index in [2.05, 4.69) is 15.5 Å². The largest absolute Gasteiger partial charge is 0.398 e. The van der Waals surface area contributed by atoms with Crippen LogP contribution in [0.1, 0.15) is 5.56 Å². The van der Waals surface area contributed by atoms with Gasteiger partial charge in [0.2, 0.25) is 0 Å². The smallest absolute Gasteiger partial charge is 0.189 e. The van der Waals surface area contributed by atoms with Gasteiger partial charge in [-0.25, -0.2) is 0 Å². The first kappa shape index (κ1) is 12.6. The van der Waals surface area contributed by atoms with Crippen LogP contribution in [0.2, 0.25) is 5.02 Å².